The highest BCUT2D eigenvalue weighted by Gasteiger charge is 2.11. The van der Waals surface area contributed by atoms with Crippen LogP contribution in [0.3, 0.4) is 0 Å². The molecule has 4 rings (SSSR count). The van der Waals surface area contributed by atoms with Crippen molar-refractivity contribution >= 4 is 45.1 Å². The summed E-state index contributed by atoms with van der Waals surface area (Å²) in [6.45, 7) is 1.81. The zero-order chi connectivity index (χ0) is 20.4. The lowest BCUT2D eigenvalue weighted by Gasteiger charge is -2.05. The number of fused-ring (bicyclic) bond motifs is 2. The highest BCUT2D eigenvalue weighted by Crippen LogP contribution is 2.21. The standard InChI is InChI=1S/C21H19N7O/c1-12(27-28-21(22)23)13-4-6-18-15(9-13)11-19(26-18)20(29)25-16-5-7-17-14(10-16)3-2-8-24-17/h2-11,26H,1H3,(H,25,29)(H4,22,23,28)/b27-12+. The van der Waals surface area contributed by atoms with E-state index in [2.05, 4.69) is 25.5 Å². The zero-order valence-corrected chi connectivity index (χ0v) is 15.7. The Morgan fingerprint density at radius 2 is 1.90 bits per heavy atom. The molecule has 0 saturated heterocycles. The largest absolute Gasteiger partial charge is 0.369 e. The SMILES string of the molecule is C/C(=N\N=C(N)N)c1ccc2[nH]c(C(=O)Nc3ccc4ncccc4c3)cc2c1. The van der Waals surface area contributed by atoms with Crippen molar-refractivity contribution in [3.8, 4) is 0 Å². The smallest absolute Gasteiger partial charge is 0.272 e. The minimum atomic E-state index is -0.225. The molecule has 0 aliphatic heterocycles. The van der Waals surface area contributed by atoms with E-state index in [0.29, 0.717) is 17.1 Å². The Kier molecular flexibility index (Phi) is 4.66. The van der Waals surface area contributed by atoms with Crippen molar-refractivity contribution < 1.29 is 4.79 Å². The van der Waals surface area contributed by atoms with Crippen LogP contribution >= 0.6 is 0 Å². The third kappa shape index (κ3) is 3.91. The van der Waals surface area contributed by atoms with Crippen molar-refractivity contribution in [3.63, 3.8) is 0 Å². The van der Waals surface area contributed by atoms with E-state index in [0.717, 1.165) is 27.4 Å². The molecule has 0 saturated carbocycles. The fourth-order valence-electron chi connectivity index (χ4n) is 3.02. The van der Waals surface area contributed by atoms with Gasteiger partial charge in [-0.1, -0.05) is 12.1 Å². The maximum Gasteiger partial charge on any atom is 0.272 e. The molecule has 0 bridgehead atoms. The number of hydrogen-bond donors (Lipinski definition) is 4. The van der Waals surface area contributed by atoms with Crippen molar-refractivity contribution in [1.82, 2.24) is 9.97 Å². The minimum Gasteiger partial charge on any atom is -0.369 e. The van der Waals surface area contributed by atoms with Crippen LogP contribution in [0.5, 0.6) is 0 Å². The summed E-state index contributed by atoms with van der Waals surface area (Å²) >= 11 is 0. The van der Waals surface area contributed by atoms with Gasteiger partial charge in [0.1, 0.15) is 5.69 Å². The number of amides is 1. The van der Waals surface area contributed by atoms with E-state index in [1.165, 1.54) is 0 Å². The van der Waals surface area contributed by atoms with Gasteiger partial charge >= 0.3 is 0 Å². The van der Waals surface area contributed by atoms with Crippen LogP contribution in [-0.2, 0) is 0 Å². The Balaban J connectivity index is 1.59. The quantitative estimate of drug-likeness (QED) is 0.244. The molecule has 2 aromatic carbocycles. The van der Waals surface area contributed by atoms with Crippen molar-refractivity contribution in [2.24, 2.45) is 21.7 Å². The molecule has 2 aromatic heterocycles. The summed E-state index contributed by atoms with van der Waals surface area (Å²) in [7, 11) is 0. The van der Waals surface area contributed by atoms with Gasteiger partial charge in [0, 0.05) is 28.2 Å². The third-order valence-electron chi connectivity index (χ3n) is 4.46. The Labute approximate surface area is 166 Å². The van der Waals surface area contributed by atoms with E-state index in [-0.39, 0.29) is 11.9 Å². The Morgan fingerprint density at radius 1 is 1.03 bits per heavy atom. The predicted octanol–water partition coefficient (Wildman–Crippen LogP) is 2.97. The van der Waals surface area contributed by atoms with E-state index in [1.807, 2.05) is 55.5 Å². The van der Waals surface area contributed by atoms with Gasteiger partial charge in [0.15, 0.2) is 0 Å². The number of nitrogens with zero attached hydrogens (tertiary/aromatic N) is 3. The summed E-state index contributed by atoms with van der Waals surface area (Å²) in [6.07, 6.45) is 1.74. The van der Waals surface area contributed by atoms with Crippen LogP contribution in [0.1, 0.15) is 23.0 Å². The number of nitrogens with one attached hydrogen (secondary N) is 2. The van der Waals surface area contributed by atoms with Gasteiger partial charge in [0.05, 0.1) is 11.2 Å². The molecule has 0 aliphatic rings. The number of pyridine rings is 1. The number of nitrogens with two attached hydrogens (primary N) is 2. The van der Waals surface area contributed by atoms with Gasteiger partial charge in [-0.2, -0.15) is 5.10 Å². The van der Waals surface area contributed by atoms with Crippen LogP contribution in [0.25, 0.3) is 21.8 Å². The molecular formula is C21H19N7O. The molecule has 8 nitrogen and oxygen atoms in total. The Morgan fingerprint density at radius 3 is 2.72 bits per heavy atom. The summed E-state index contributed by atoms with van der Waals surface area (Å²) in [6, 6.07) is 16.9. The lowest BCUT2D eigenvalue weighted by atomic mass is 10.1. The van der Waals surface area contributed by atoms with Crippen molar-refractivity contribution in [1.29, 1.82) is 0 Å². The van der Waals surface area contributed by atoms with Crippen LogP contribution in [0, 0.1) is 0 Å². The second-order valence-electron chi connectivity index (χ2n) is 6.56. The number of carbonyl (C=O) groups excluding carboxylic acids is 1. The Bertz CT molecular complexity index is 1280. The minimum absolute atomic E-state index is 0.101. The molecule has 0 fully saturated rings. The molecule has 4 aromatic rings. The second kappa shape index (κ2) is 7.43. The van der Waals surface area contributed by atoms with Crippen LogP contribution in [0.4, 0.5) is 5.69 Å². The van der Waals surface area contributed by atoms with Crippen molar-refractivity contribution in [2.45, 2.75) is 6.92 Å². The highest BCUT2D eigenvalue weighted by atomic mass is 16.1. The molecule has 0 radical (unpaired) electrons. The van der Waals surface area contributed by atoms with E-state index in [1.54, 1.807) is 12.3 Å². The topological polar surface area (TPSA) is 135 Å². The van der Waals surface area contributed by atoms with Gasteiger partial charge in [0.25, 0.3) is 5.91 Å². The molecule has 2 heterocycles. The average Bonchev–Trinajstić information content (AvgIpc) is 3.15. The first-order chi connectivity index (χ1) is 14.0. The number of guanidine groups is 1. The molecule has 144 valence electrons. The highest BCUT2D eigenvalue weighted by molar-refractivity contribution is 6.08. The molecule has 29 heavy (non-hydrogen) atoms. The average molecular weight is 385 g/mol. The van der Waals surface area contributed by atoms with E-state index < -0.39 is 0 Å². The maximum atomic E-state index is 12.7. The normalized spacial score (nSPS) is 11.6. The van der Waals surface area contributed by atoms with Crippen LogP contribution in [0.15, 0.2) is 71.0 Å². The Hall–Kier alpha value is -4.20. The predicted molar refractivity (Wildman–Crippen MR) is 116 cm³/mol. The fourth-order valence-corrected chi connectivity index (χ4v) is 3.02. The van der Waals surface area contributed by atoms with Crippen molar-refractivity contribution in [3.05, 3.63) is 72.1 Å². The monoisotopic (exact) mass is 385 g/mol. The summed E-state index contributed by atoms with van der Waals surface area (Å²) in [4.78, 5) is 20.1. The van der Waals surface area contributed by atoms with Gasteiger partial charge in [0.2, 0.25) is 5.96 Å². The number of carbonyl (C=O) groups is 1. The molecule has 0 atom stereocenters. The molecule has 0 aliphatic carbocycles. The number of rotatable bonds is 4. The summed E-state index contributed by atoms with van der Waals surface area (Å²) in [5.41, 5.74) is 15.0. The summed E-state index contributed by atoms with van der Waals surface area (Å²) in [5.74, 6) is -0.326. The third-order valence-corrected chi connectivity index (χ3v) is 4.46. The molecule has 8 heteroatoms. The molecule has 0 spiro atoms. The van der Waals surface area contributed by atoms with Gasteiger partial charge < -0.3 is 21.8 Å². The van der Waals surface area contributed by atoms with Gasteiger partial charge in [-0.3, -0.25) is 9.78 Å². The molecule has 6 N–H and O–H groups in total. The number of aromatic amines is 1. The summed E-state index contributed by atoms with van der Waals surface area (Å²) < 4.78 is 0. The lowest BCUT2D eigenvalue weighted by Crippen LogP contribution is -2.22. The van der Waals surface area contributed by atoms with Crippen LogP contribution < -0.4 is 16.8 Å². The van der Waals surface area contributed by atoms with Crippen LogP contribution in [-0.4, -0.2) is 27.5 Å². The first-order valence-electron chi connectivity index (χ1n) is 8.92. The first-order valence-corrected chi connectivity index (χ1v) is 8.92. The van der Waals surface area contributed by atoms with E-state index in [9.17, 15) is 4.79 Å². The lowest BCUT2D eigenvalue weighted by molar-refractivity contribution is 0.102. The number of anilines is 1. The van der Waals surface area contributed by atoms with E-state index >= 15 is 0 Å². The van der Waals surface area contributed by atoms with Gasteiger partial charge in [-0.25, -0.2) is 0 Å². The zero-order valence-electron chi connectivity index (χ0n) is 15.7. The van der Waals surface area contributed by atoms with Gasteiger partial charge in [-0.05, 0) is 55.0 Å². The number of hydrogen-bond acceptors (Lipinski definition) is 4. The van der Waals surface area contributed by atoms with Crippen LogP contribution in [0.2, 0.25) is 0 Å². The number of aromatic nitrogens is 2. The number of benzene rings is 2. The van der Waals surface area contributed by atoms with Crippen molar-refractivity contribution in [2.75, 3.05) is 5.32 Å². The molecule has 1 amide bonds. The summed E-state index contributed by atoms with van der Waals surface area (Å²) in [5, 5.41) is 12.4. The second-order valence-corrected chi connectivity index (χ2v) is 6.56. The fraction of sp³-hybridized carbons (Fsp3) is 0.0476. The maximum absolute atomic E-state index is 12.7. The molecule has 0 unspecified atom stereocenters. The molecular weight excluding hydrogens is 366 g/mol. The van der Waals surface area contributed by atoms with E-state index in [4.69, 9.17) is 11.5 Å². The first kappa shape index (κ1) is 18.2. The van der Waals surface area contributed by atoms with Gasteiger partial charge in [-0.15, -0.1) is 5.10 Å². The number of H-pyrrole nitrogens is 1.